The molecule has 2 rings (SSSR count). The van der Waals surface area contributed by atoms with Gasteiger partial charge < -0.3 is 14.9 Å². The van der Waals surface area contributed by atoms with Gasteiger partial charge in [0.1, 0.15) is 0 Å². The first-order chi connectivity index (χ1) is 9.19. The maximum atomic E-state index is 5.95. The van der Waals surface area contributed by atoms with Gasteiger partial charge in [0.15, 0.2) is 22.5 Å². The van der Waals surface area contributed by atoms with Crippen molar-refractivity contribution in [3.8, 4) is 11.5 Å². The van der Waals surface area contributed by atoms with Crippen LogP contribution >= 0.6 is 11.6 Å². The van der Waals surface area contributed by atoms with Crippen LogP contribution in [-0.2, 0) is 0 Å². The Kier molecular flexibility index (Phi) is 4.24. The number of nitrogens with two attached hydrogens (primary N) is 1. The van der Waals surface area contributed by atoms with Gasteiger partial charge in [-0.05, 0) is 13.8 Å². The van der Waals surface area contributed by atoms with Crippen molar-refractivity contribution in [3.05, 3.63) is 17.3 Å². The molecule has 0 atom stereocenters. The van der Waals surface area contributed by atoms with E-state index in [1.807, 2.05) is 13.8 Å². The largest absolute Gasteiger partial charge is 0.490 e. The van der Waals surface area contributed by atoms with Gasteiger partial charge in [0.25, 0.3) is 0 Å². The lowest BCUT2D eigenvalue weighted by atomic mass is 10.2. The van der Waals surface area contributed by atoms with E-state index in [1.165, 1.54) is 0 Å². The van der Waals surface area contributed by atoms with Crippen LogP contribution < -0.4 is 20.7 Å². The van der Waals surface area contributed by atoms with E-state index >= 15 is 0 Å². The molecule has 0 spiro atoms. The molecule has 2 aromatic rings. The molecule has 0 unspecified atom stereocenters. The Morgan fingerprint density at radius 3 is 2.11 bits per heavy atom. The zero-order valence-electron chi connectivity index (χ0n) is 10.7. The molecule has 0 aliphatic rings. The molecule has 6 nitrogen and oxygen atoms in total. The van der Waals surface area contributed by atoms with Crippen molar-refractivity contribution in [1.82, 2.24) is 9.97 Å². The molecule has 0 saturated heterocycles. The number of nitrogens with one attached hydrogen (secondary N) is 1. The molecule has 102 valence electrons. The fraction of sp³-hybridized carbons (Fsp3) is 0.333. The number of nitrogen functional groups attached to an aromatic ring is 1. The van der Waals surface area contributed by atoms with Crippen molar-refractivity contribution in [2.45, 2.75) is 13.8 Å². The van der Waals surface area contributed by atoms with Crippen LogP contribution in [0, 0.1) is 0 Å². The van der Waals surface area contributed by atoms with Crippen LogP contribution in [0.5, 0.6) is 11.5 Å². The average Bonchev–Trinajstić information content (AvgIpc) is 2.40. The van der Waals surface area contributed by atoms with Gasteiger partial charge in [-0.25, -0.2) is 15.8 Å². The van der Waals surface area contributed by atoms with Gasteiger partial charge in [0.2, 0.25) is 0 Å². The van der Waals surface area contributed by atoms with Crippen LogP contribution in [0.4, 0.5) is 5.82 Å². The molecule has 3 N–H and O–H groups in total. The number of aromatic nitrogens is 2. The van der Waals surface area contributed by atoms with Crippen LogP contribution in [-0.4, -0.2) is 23.2 Å². The van der Waals surface area contributed by atoms with Crippen molar-refractivity contribution >= 4 is 28.5 Å². The molecule has 7 heteroatoms. The van der Waals surface area contributed by atoms with E-state index in [0.717, 1.165) is 0 Å². The second-order valence-corrected chi connectivity index (χ2v) is 4.02. The number of nitrogens with zero attached hydrogens (tertiary/aromatic N) is 2. The molecule has 1 aromatic carbocycles. The lowest BCUT2D eigenvalue weighted by molar-refractivity contribution is 0.288. The number of halogens is 1. The maximum Gasteiger partial charge on any atom is 0.178 e. The predicted octanol–water partition coefficient (Wildman–Crippen LogP) is 2.37. The normalized spacial score (nSPS) is 10.5. The molecule has 1 aromatic heterocycles. The Hall–Kier alpha value is -1.79. The van der Waals surface area contributed by atoms with Gasteiger partial charge in [0.05, 0.1) is 24.2 Å². The first kappa shape index (κ1) is 13.6. The third-order valence-corrected chi connectivity index (χ3v) is 2.69. The number of anilines is 1. The third kappa shape index (κ3) is 2.80. The Labute approximate surface area is 115 Å². The number of benzene rings is 1. The summed E-state index contributed by atoms with van der Waals surface area (Å²) in [7, 11) is 0. The average molecular weight is 283 g/mol. The van der Waals surface area contributed by atoms with Crippen LogP contribution in [0.2, 0.25) is 5.15 Å². The summed E-state index contributed by atoms with van der Waals surface area (Å²) in [5, 5.41) is 0.210. The highest BCUT2D eigenvalue weighted by atomic mass is 35.5. The second kappa shape index (κ2) is 5.90. The monoisotopic (exact) mass is 282 g/mol. The van der Waals surface area contributed by atoms with E-state index in [1.54, 1.807) is 12.1 Å². The Bertz CT molecular complexity index is 591. The predicted molar refractivity (Wildman–Crippen MR) is 74.7 cm³/mol. The smallest absolute Gasteiger partial charge is 0.178 e. The van der Waals surface area contributed by atoms with Gasteiger partial charge in [-0.1, -0.05) is 11.6 Å². The molecule has 0 fully saturated rings. The Balaban J connectivity index is 2.59. The number of rotatable bonds is 5. The SMILES string of the molecule is CCOc1cc2nc(Cl)c(NN)nc2cc1OCC. The van der Waals surface area contributed by atoms with Crippen LogP contribution in [0.15, 0.2) is 12.1 Å². The molecule has 0 aliphatic carbocycles. The number of ether oxygens (including phenoxy) is 2. The van der Waals surface area contributed by atoms with Crippen LogP contribution in [0.1, 0.15) is 13.8 Å². The molecule has 1 heterocycles. The molecule has 0 amide bonds. The maximum absolute atomic E-state index is 5.95. The molecule has 0 bridgehead atoms. The third-order valence-electron chi connectivity index (χ3n) is 2.42. The fourth-order valence-electron chi connectivity index (χ4n) is 1.67. The van der Waals surface area contributed by atoms with Gasteiger partial charge >= 0.3 is 0 Å². The minimum Gasteiger partial charge on any atom is -0.490 e. The van der Waals surface area contributed by atoms with Crippen molar-refractivity contribution < 1.29 is 9.47 Å². The minimum atomic E-state index is 0.210. The number of hydrogen-bond acceptors (Lipinski definition) is 6. The van der Waals surface area contributed by atoms with E-state index in [4.69, 9.17) is 26.9 Å². The van der Waals surface area contributed by atoms with Gasteiger partial charge in [0, 0.05) is 12.1 Å². The highest BCUT2D eigenvalue weighted by molar-refractivity contribution is 6.32. The standard InChI is InChI=1S/C12H15ClN4O2/c1-3-18-9-5-7-8(6-10(9)19-4-2)16-12(17-14)11(13)15-7/h5-6H,3-4,14H2,1-2H3,(H,16,17). The van der Waals surface area contributed by atoms with Gasteiger partial charge in [-0.3, -0.25) is 0 Å². The summed E-state index contributed by atoms with van der Waals surface area (Å²) < 4.78 is 11.0. The summed E-state index contributed by atoms with van der Waals surface area (Å²) in [6.07, 6.45) is 0. The van der Waals surface area contributed by atoms with E-state index in [-0.39, 0.29) is 5.15 Å². The second-order valence-electron chi connectivity index (χ2n) is 3.66. The van der Waals surface area contributed by atoms with Crippen molar-refractivity contribution in [2.24, 2.45) is 5.84 Å². The first-order valence-electron chi connectivity index (χ1n) is 5.93. The first-order valence-corrected chi connectivity index (χ1v) is 6.30. The Morgan fingerprint density at radius 2 is 1.63 bits per heavy atom. The zero-order chi connectivity index (χ0) is 13.8. The van der Waals surface area contributed by atoms with E-state index in [2.05, 4.69) is 15.4 Å². The highest BCUT2D eigenvalue weighted by Gasteiger charge is 2.12. The lowest BCUT2D eigenvalue weighted by Crippen LogP contribution is -2.10. The Morgan fingerprint density at radius 1 is 1.11 bits per heavy atom. The molecular weight excluding hydrogens is 268 g/mol. The fourth-order valence-corrected chi connectivity index (χ4v) is 1.86. The molecule has 19 heavy (non-hydrogen) atoms. The molecule has 0 aliphatic heterocycles. The number of hydrazine groups is 1. The quantitative estimate of drug-likeness (QED) is 0.647. The topological polar surface area (TPSA) is 82.3 Å². The summed E-state index contributed by atoms with van der Waals surface area (Å²) in [5.41, 5.74) is 3.65. The highest BCUT2D eigenvalue weighted by Crippen LogP contribution is 2.33. The summed E-state index contributed by atoms with van der Waals surface area (Å²) >= 11 is 5.95. The number of fused-ring (bicyclic) bond motifs is 1. The lowest BCUT2D eigenvalue weighted by Gasteiger charge is -2.12. The molecular formula is C12H15ClN4O2. The van der Waals surface area contributed by atoms with E-state index in [9.17, 15) is 0 Å². The van der Waals surface area contributed by atoms with Crippen LogP contribution in [0.25, 0.3) is 11.0 Å². The van der Waals surface area contributed by atoms with E-state index in [0.29, 0.717) is 41.6 Å². The summed E-state index contributed by atoms with van der Waals surface area (Å²) in [4.78, 5) is 8.49. The number of hydrogen-bond donors (Lipinski definition) is 2. The minimum absolute atomic E-state index is 0.210. The van der Waals surface area contributed by atoms with Gasteiger partial charge in [-0.15, -0.1) is 0 Å². The van der Waals surface area contributed by atoms with E-state index < -0.39 is 0 Å². The summed E-state index contributed by atoms with van der Waals surface area (Å²) in [6, 6.07) is 3.51. The summed E-state index contributed by atoms with van der Waals surface area (Å²) in [5.74, 6) is 6.89. The molecule has 0 radical (unpaired) electrons. The van der Waals surface area contributed by atoms with Crippen LogP contribution in [0.3, 0.4) is 0 Å². The summed E-state index contributed by atoms with van der Waals surface area (Å²) in [6.45, 7) is 4.88. The van der Waals surface area contributed by atoms with Crippen molar-refractivity contribution in [2.75, 3.05) is 18.6 Å². The van der Waals surface area contributed by atoms with Crippen molar-refractivity contribution in [1.29, 1.82) is 0 Å². The zero-order valence-corrected chi connectivity index (χ0v) is 11.5. The van der Waals surface area contributed by atoms with Crippen molar-refractivity contribution in [3.63, 3.8) is 0 Å². The van der Waals surface area contributed by atoms with Gasteiger partial charge in [-0.2, -0.15) is 0 Å². The molecule has 0 saturated carbocycles.